The Morgan fingerprint density at radius 3 is 2.32 bits per heavy atom. The molecule has 0 unspecified atom stereocenters. The molecule has 6 heteroatoms. The van der Waals surface area contributed by atoms with Gasteiger partial charge in [-0.2, -0.15) is 0 Å². The number of nitrogens with zero attached hydrogens (tertiary/aromatic N) is 2. The monoisotopic (exact) mass is 534 g/mol. The Morgan fingerprint density at radius 2 is 1.74 bits per heavy atom. The zero-order chi connectivity index (χ0) is 21.6. The minimum absolute atomic E-state index is 0. The van der Waals surface area contributed by atoms with Crippen LogP contribution in [0.1, 0.15) is 52.7 Å². The van der Waals surface area contributed by atoms with E-state index in [1.807, 2.05) is 31.3 Å². The highest BCUT2D eigenvalue weighted by molar-refractivity contribution is 14.0. The van der Waals surface area contributed by atoms with Crippen molar-refractivity contribution < 1.29 is 4.79 Å². The number of amides is 1. The van der Waals surface area contributed by atoms with E-state index < -0.39 is 0 Å². The van der Waals surface area contributed by atoms with Crippen molar-refractivity contribution in [3.05, 3.63) is 70.8 Å². The van der Waals surface area contributed by atoms with Crippen molar-refractivity contribution >= 4 is 35.8 Å². The molecule has 0 atom stereocenters. The van der Waals surface area contributed by atoms with Gasteiger partial charge in [-0.3, -0.25) is 9.79 Å². The fraction of sp³-hybridized carbons (Fsp3) is 0.440. The molecule has 1 aliphatic rings. The van der Waals surface area contributed by atoms with Crippen LogP contribution >= 0.6 is 24.0 Å². The van der Waals surface area contributed by atoms with E-state index in [2.05, 4.69) is 46.8 Å². The average Bonchev–Trinajstić information content (AvgIpc) is 3.24. The van der Waals surface area contributed by atoms with E-state index in [4.69, 9.17) is 0 Å². The van der Waals surface area contributed by atoms with Crippen molar-refractivity contribution in [2.75, 3.05) is 27.7 Å². The summed E-state index contributed by atoms with van der Waals surface area (Å²) in [6.45, 7) is 3.71. The second-order valence-corrected chi connectivity index (χ2v) is 8.53. The third kappa shape index (κ3) is 6.45. The van der Waals surface area contributed by atoms with Crippen LogP contribution in [-0.2, 0) is 12.0 Å². The van der Waals surface area contributed by atoms with Gasteiger partial charge in [-0.25, -0.2) is 0 Å². The SMILES string of the molecule is CN=C(NCc1ccc(C(=O)N(C)C)cc1)NCC1(c2cccc(C)c2)CCCC1.I. The molecule has 2 N–H and O–H groups in total. The van der Waals surface area contributed by atoms with Crippen LogP contribution < -0.4 is 10.6 Å². The molecule has 1 saturated carbocycles. The molecule has 1 fully saturated rings. The van der Waals surface area contributed by atoms with Crippen LogP contribution in [-0.4, -0.2) is 44.5 Å². The van der Waals surface area contributed by atoms with Gasteiger partial charge in [-0.1, -0.05) is 54.8 Å². The molecule has 0 aromatic heterocycles. The maximum Gasteiger partial charge on any atom is 0.253 e. The van der Waals surface area contributed by atoms with Crippen LogP contribution in [0.5, 0.6) is 0 Å². The Morgan fingerprint density at radius 1 is 1.06 bits per heavy atom. The van der Waals surface area contributed by atoms with E-state index >= 15 is 0 Å². The first-order chi connectivity index (χ1) is 14.4. The Balaban J connectivity index is 0.00000341. The van der Waals surface area contributed by atoms with E-state index in [1.165, 1.54) is 36.8 Å². The first-order valence-corrected chi connectivity index (χ1v) is 10.8. The molecular weight excluding hydrogens is 499 g/mol. The summed E-state index contributed by atoms with van der Waals surface area (Å²) < 4.78 is 0. The highest BCUT2D eigenvalue weighted by atomic mass is 127. The summed E-state index contributed by atoms with van der Waals surface area (Å²) >= 11 is 0. The van der Waals surface area contributed by atoms with Crippen LogP contribution in [0.15, 0.2) is 53.5 Å². The topological polar surface area (TPSA) is 56.7 Å². The van der Waals surface area contributed by atoms with Gasteiger partial charge in [0, 0.05) is 45.2 Å². The quantitative estimate of drug-likeness (QED) is 0.326. The third-order valence-electron chi connectivity index (χ3n) is 6.08. The molecule has 2 aromatic rings. The summed E-state index contributed by atoms with van der Waals surface area (Å²) in [7, 11) is 5.34. The molecule has 0 heterocycles. The van der Waals surface area contributed by atoms with Crippen LogP contribution in [0.2, 0.25) is 0 Å². The van der Waals surface area contributed by atoms with Crippen molar-refractivity contribution in [3.8, 4) is 0 Å². The number of carbonyl (C=O) groups is 1. The molecule has 1 aliphatic carbocycles. The van der Waals surface area contributed by atoms with Crippen LogP contribution in [0, 0.1) is 6.92 Å². The molecule has 1 amide bonds. The lowest BCUT2D eigenvalue weighted by molar-refractivity contribution is 0.0827. The predicted octanol–water partition coefficient (Wildman–Crippen LogP) is 4.49. The van der Waals surface area contributed by atoms with E-state index in [-0.39, 0.29) is 35.3 Å². The number of hydrogen-bond donors (Lipinski definition) is 2. The van der Waals surface area contributed by atoms with Crippen molar-refractivity contribution in [2.24, 2.45) is 4.99 Å². The lowest BCUT2D eigenvalue weighted by Crippen LogP contribution is -2.44. The molecule has 2 aromatic carbocycles. The van der Waals surface area contributed by atoms with E-state index in [0.717, 1.165) is 18.1 Å². The van der Waals surface area contributed by atoms with Crippen molar-refractivity contribution in [2.45, 2.75) is 44.6 Å². The fourth-order valence-corrected chi connectivity index (χ4v) is 4.28. The number of benzene rings is 2. The minimum atomic E-state index is 0. The number of halogens is 1. The molecule has 0 aliphatic heterocycles. The third-order valence-corrected chi connectivity index (χ3v) is 6.08. The summed E-state index contributed by atoms with van der Waals surface area (Å²) in [5, 5.41) is 6.97. The van der Waals surface area contributed by atoms with Crippen molar-refractivity contribution in [1.29, 1.82) is 0 Å². The van der Waals surface area contributed by atoms with Gasteiger partial charge in [-0.15, -0.1) is 24.0 Å². The van der Waals surface area contributed by atoms with Crippen LogP contribution in [0.25, 0.3) is 0 Å². The fourth-order valence-electron chi connectivity index (χ4n) is 4.28. The molecule has 168 valence electrons. The van der Waals surface area contributed by atoms with Crippen molar-refractivity contribution in [1.82, 2.24) is 15.5 Å². The minimum Gasteiger partial charge on any atom is -0.356 e. The second kappa shape index (κ2) is 11.5. The van der Waals surface area contributed by atoms with Gasteiger partial charge in [0.15, 0.2) is 5.96 Å². The van der Waals surface area contributed by atoms with Gasteiger partial charge >= 0.3 is 0 Å². The number of guanidine groups is 1. The summed E-state index contributed by atoms with van der Waals surface area (Å²) in [5.41, 5.74) is 4.74. The van der Waals surface area contributed by atoms with Gasteiger partial charge in [0.2, 0.25) is 0 Å². The largest absolute Gasteiger partial charge is 0.356 e. The molecule has 0 spiro atoms. The molecule has 5 nitrogen and oxygen atoms in total. The molecule has 31 heavy (non-hydrogen) atoms. The van der Waals surface area contributed by atoms with Crippen LogP contribution in [0.4, 0.5) is 0 Å². The highest BCUT2D eigenvalue weighted by Crippen LogP contribution is 2.40. The number of rotatable bonds is 6. The first kappa shape index (κ1) is 25.2. The second-order valence-electron chi connectivity index (χ2n) is 8.53. The van der Waals surface area contributed by atoms with Gasteiger partial charge in [0.1, 0.15) is 0 Å². The van der Waals surface area contributed by atoms with E-state index in [0.29, 0.717) is 12.1 Å². The molecular formula is C25H35IN4O. The number of aryl methyl sites for hydroxylation is 1. The van der Waals surface area contributed by atoms with Gasteiger partial charge in [0.05, 0.1) is 0 Å². The Kier molecular flexibility index (Phi) is 9.34. The lowest BCUT2D eigenvalue weighted by atomic mass is 9.78. The zero-order valence-corrected chi connectivity index (χ0v) is 21.4. The molecule has 3 rings (SSSR count). The Hall–Kier alpha value is -2.09. The number of aliphatic imine (C=N–C) groups is 1. The van der Waals surface area contributed by atoms with E-state index in [1.54, 1.807) is 19.0 Å². The zero-order valence-electron chi connectivity index (χ0n) is 19.1. The predicted molar refractivity (Wildman–Crippen MR) is 139 cm³/mol. The summed E-state index contributed by atoms with van der Waals surface area (Å²) in [5.74, 6) is 0.826. The molecule has 0 bridgehead atoms. The number of hydrogen-bond acceptors (Lipinski definition) is 2. The number of nitrogens with one attached hydrogen (secondary N) is 2. The maximum absolute atomic E-state index is 12.0. The highest BCUT2D eigenvalue weighted by Gasteiger charge is 2.35. The normalized spacial score (nSPS) is 15.2. The average molecular weight is 534 g/mol. The molecule has 0 saturated heterocycles. The number of carbonyl (C=O) groups excluding carboxylic acids is 1. The standard InChI is InChI=1S/C25H34N4O.HI/c1-19-8-7-9-22(16-19)25(14-5-6-15-25)18-28-24(26-2)27-17-20-10-12-21(13-11-20)23(30)29(3)4;/h7-13,16H,5-6,14-15,17-18H2,1-4H3,(H2,26,27,28);1H. The smallest absolute Gasteiger partial charge is 0.253 e. The maximum atomic E-state index is 12.0. The summed E-state index contributed by atoms with van der Waals surface area (Å²) in [6.07, 6.45) is 4.98. The van der Waals surface area contributed by atoms with Gasteiger partial charge in [-0.05, 0) is 43.0 Å². The first-order valence-electron chi connectivity index (χ1n) is 10.8. The van der Waals surface area contributed by atoms with Crippen LogP contribution in [0.3, 0.4) is 0 Å². The summed E-state index contributed by atoms with van der Waals surface area (Å²) in [4.78, 5) is 18.0. The van der Waals surface area contributed by atoms with Crippen molar-refractivity contribution in [3.63, 3.8) is 0 Å². The van der Waals surface area contributed by atoms with E-state index in [9.17, 15) is 4.79 Å². The Bertz CT molecular complexity index is 887. The lowest BCUT2D eigenvalue weighted by Gasteiger charge is -2.31. The van der Waals surface area contributed by atoms with Gasteiger partial charge < -0.3 is 15.5 Å². The summed E-state index contributed by atoms with van der Waals surface area (Å²) in [6, 6.07) is 16.7. The molecule has 0 radical (unpaired) electrons. The Labute approximate surface area is 203 Å². The van der Waals surface area contributed by atoms with Gasteiger partial charge in [0.25, 0.3) is 5.91 Å².